The molecule has 2 aromatic heterocycles. The minimum Gasteiger partial charge on any atom is -0.478 e. The molecule has 8 heteroatoms. The van der Waals surface area contributed by atoms with Crippen molar-refractivity contribution in [3.8, 4) is 5.88 Å². The highest BCUT2D eigenvalue weighted by Gasteiger charge is 2.28. The average molecular weight is 331 g/mol. The van der Waals surface area contributed by atoms with E-state index in [-0.39, 0.29) is 11.9 Å². The van der Waals surface area contributed by atoms with E-state index in [0.29, 0.717) is 24.9 Å². The monoisotopic (exact) mass is 331 g/mol. The zero-order chi connectivity index (χ0) is 17.1. The van der Waals surface area contributed by atoms with Crippen LogP contribution in [-0.2, 0) is 17.8 Å². The van der Waals surface area contributed by atoms with Crippen molar-refractivity contribution < 1.29 is 14.1 Å². The van der Waals surface area contributed by atoms with Gasteiger partial charge in [-0.05, 0) is 20.8 Å². The maximum Gasteiger partial charge on any atom is 0.243 e. The van der Waals surface area contributed by atoms with Crippen molar-refractivity contribution in [3.63, 3.8) is 0 Å². The Morgan fingerprint density at radius 3 is 3.04 bits per heavy atom. The van der Waals surface area contributed by atoms with Crippen LogP contribution in [0.15, 0.2) is 16.9 Å². The molecule has 0 fully saturated rings. The molecule has 0 radical (unpaired) electrons. The predicted octanol–water partition coefficient (Wildman–Crippen LogP) is 1.56. The lowest BCUT2D eigenvalue weighted by Crippen LogP contribution is -2.44. The molecule has 1 aliphatic rings. The minimum absolute atomic E-state index is 0.135. The van der Waals surface area contributed by atoms with Gasteiger partial charge in [-0.3, -0.25) is 15.0 Å². The molecular weight excluding hydrogens is 310 g/mol. The highest BCUT2D eigenvalue weighted by molar-refractivity contribution is 5.93. The van der Waals surface area contributed by atoms with Crippen molar-refractivity contribution in [2.24, 2.45) is 0 Å². The third-order valence-electron chi connectivity index (χ3n) is 4.07. The summed E-state index contributed by atoms with van der Waals surface area (Å²) in [6.07, 6.45) is 2.29. The van der Waals surface area contributed by atoms with Crippen LogP contribution < -0.4 is 10.1 Å². The molecule has 24 heavy (non-hydrogen) atoms. The Kier molecular flexibility index (Phi) is 4.75. The molecule has 0 bridgehead atoms. The van der Waals surface area contributed by atoms with Crippen LogP contribution in [0.2, 0.25) is 0 Å². The molecule has 1 N–H and O–H groups in total. The van der Waals surface area contributed by atoms with E-state index >= 15 is 0 Å². The predicted molar refractivity (Wildman–Crippen MR) is 86.6 cm³/mol. The molecule has 0 saturated carbocycles. The van der Waals surface area contributed by atoms with Gasteiger partial charge in [0.15, 0.2) is 0 Å². The summed E-state index contributed by atoms with van der Waals surface area (Å²) in [5.74, 6) is 0.829. The summed E-state index contributed by atoms with van der Waals surface area (Å²) in [5.41, 5.74) is 2.67. The standard InChI is InChI=1S/C16H21N5O3/c1-4-23-16-12-8-21(6-5-13(12)17-9-18-16)11(3)15(22)19-14-7-10(2)20-24-14/h7,9,11H,4-6,8H2,1-3H3,(H,19,22)/t11-/m1/s1. The fraction of sp³-hybridized carbons (Fsp3) is 0.500. The Labute approximate surface area is 140 Å². The quantitative estimate of drug-likeness (QED) is 0.888. The van der Waals surface area contributed by atoms with Crippen LogP contribution in [0.4, 0.5) is 5.88 Å². The number of aromatic nitrogens is 3. The topological polar surface area (TPSA) is 93.4 Å². The van der Waals surface area contributed by atoms with Crippen molar-refractivity contribution in [1.82, 2.24) is 20.0 Å². The van der Waals surface area contributed by atoms with Crippen LogP contribution >= 0.6 is 0 Å². The summed E-state index contributed by atoms with van der Waals surface area (Å²) >= 11 is 0. The molecule has 1 atom stereocenters. The van der Waals surface area contributed by atoms with Crippen LogP contribution in [0, 0.1) is 6.92 Å². The molecule has 0 spiro atoms. The van der Waals surface area contributed by atoms with Crippen LogP contribution in [0.1, 0.15) is 30.8 Å². The van der Waals surface area contributed by atoms with Crippen LogP contribution in [0.5, 0.6) is 5.88 Å². The molecule has 1 amide bonds. The molecule has 3 heterocycles. The number of nitrogens with zero attached hydrogens (tertiary/aromatic N) is 4. The maximum atomic E-state index is 12.4. The number of rotatable bonds is 5. The summed E-state index contributed by atoms with van der Waals surface area (Å²) < 4.78 is 10.6. The van der Waals surface area contributed by atoms with Crippen LogP contribution in [0.25, 0.3) is 0 Å². The van der Waals surface area contributed by atoms with Gasteiger partial charge >= 0.3 is 0 Å². The second kappa shape index (κ2) is 6.96. The van der Waals surface area contributed by atoms with Crippen LogP contribution in [0.3, 0.4) is 0 Å². The SMILES string of the molecule is CCOc1ncnc2c1CN([C@H](C)C(=O)Nc1cc(C)no1)CC2. The molecule has 0 aliphatic carbocycles. The van der Waals surface area contributed by atoms with Gasteiger partial charge in [0.25, 0.3) is 0 Å². The highest BCUT2D eigenvalue weighted by Crippen LogP contribution is 2.26. The number of amides is 1. The van der Waals surface area contributed by atoms with Gasteiger partial charge in [-0.2, -0.15) is 0 Å². The second-order valence-electron chi connectivity index (χ2n) is 5.76. The summed E-state index contributed by atoms with van der Waals surface area (Å²) in [4.78, 5) is 23.1. The second-order valence-corrected chi connectivity index (χ2v) is 5.76. The Balaban J connectivity index is 1.71. The smallest absolute Gasteiger partial charge is 0.243 e. The molecule has 0 aromatic carbocycles. The van der Waals surface area contributed by atoms with E-state index in [4.69, 9.17) is 9.26 Å². The molecule has 3 rings (SSSR count). The van der Waals surface area contributed by atoms with E-state index in [9.17, 15) is 4.79 Å². The number of carbonyl (C=O) groups is 1. The Morgan fingerprint density at radius 1 is 1.50 bits per heavy atom. The normalized spacial score (nSPS) is 15.6. The van der Waals surface area contributed by atoms with Gasteiger partial charge in [0.2, 0.25) is 17.7 Å². The summed E-state index contributed by atoms with van der Waals surface area (Å²) in [6, 6.07) is 1.37. The van der Waals surface area contributed by atoms with Crippen molar-refractivity contribution in [2.75, 3.05) is 18.5 Å². The first kappa shape index (κ1) is 16.4. The van der Waals surface area contributed by atoms with Gasteiger partial charge in [0, 0.05) is 31.1 Å². The van der Waals surface area contributed by atoms with E-state index in [1.807, 2.05) is 13.8 Å². The lowest BCUT2D eigenvalue weighted by Gasteiger charge is -2.32. The van der Waals surface area contributed by atoms with Crippen molar-refractivity contribution >= 4 is 11.8 Å². The number of aryl methyl sites for hydroxylation is 1. The molecule has 2 aromatic rings. The highest BCUT2D eigenvalue weighted by atomic mass is 16.5. The summed E-state index contributed by atoms with van der Waals surface area (Å²) in [6.45, 7) is 7.47. The van der Waals surface area contributed by atoms with Gasteiger partial charge < -0.3 is 9.26 Å². The fourth-order valence-electron chi connectivity index (χ4n) is 2.74. The van der Waals surface area contributed by atoms with Gasteiger partial charge in [-0.15, -0.1) is 0 Å². The fourth-order valence-corrected chi connectivity index (χ4v) is 2.74. The third kappa shape index (κ3) is 3.38. The summed E-state index contributed by atoms with van der Waals surface area (Å²) in [7, 11) is 0. The minimum atomic E-state index is -0.321. The number of fused-ring (bicyclic) bond motifs is 1. The number of anilines is 1. The molecule has 1 aliphatic heterocycles. The molecule has 0 unspecified atom stereocenters. The van der Waals surface area contributed by atoms with E-state index < -0.39 is 0 Å². The van der Waals surface area contributed by atoms with E-state index in [0.717, 1.165) is 29.9 Å². The van der Waals surface area contributed by atoms with Gasteiger partial charge in [0.1, 0.15) is 6.33 Å². The van der Waals surface area contributed by atoms with Gasteiger partial charge in [0.05, 0.1) is 24.0 Å². The first-order valence-corrected chi connectivity index (χ1v) is 8.02. The zero-order valence-electron chi connectivity index (χ0n) is 14.1. The lowest BCUT2D eigenvalue weighted by atomic mass is 10.0. The number of ether oxygens (including phenoxy) is 1. The number of hydrogen-bond donors (Lipinski definition) is 1. The molecule has 128 valence electrons. The molecule has 0 saturated heterocycles. The first-order chi connectivity index (χ1) is 11.6. The lowest BCUT2D eigenvalue weighted by molar-refractivity contribution is -0.121. The van der Waals surface area contributed by atoms with Gasteiger partial charge in [-0.1, -0.05) is 5.16 Å². The van der Waals surface area contributed by atoms with E-state index in [1.165, 1.54) is 6.33 Å². The summed E-state index contributed by atoms with van der Waals surface area (Å²) in [5, 5.41) is 6.52. The van der Waals surface area contributed by atoms with Crippen molar-refractivity contribution in [1.29, 1.82) is 0 Å². The van der Waals surface area contributed by atoms with Crippen molar-refractivity contribution in [3.05, 3.63) is 29.3 Å². The zero-order valence-corrected chi connectivity index (χ0v) is 14.1. The Hall–Kier alpha value is -2.48. The largest absolute Gasteiger partial charge is 0.478 e. The van der Waals surface area contributed by atoms with Crippen LogP contribution in [-0.4, -0.2) is 45.1 Å². The Morgan fingerprint density at radius 2 is 2.33 bits per heavy atom. The Bertz CT molecular complexity index is 730. The average Bonchev–Trinajstić information content (AvgIpc) is 2.99. The molecule has 8 nitrogen and oxygen atoms in total. The third-order valence-corrected chi connectivity index (χ3v) is 4.07. The first-order valence-electron chi connectivity index (χ1n) is 8.02. The molecular formula is C16H21N5O3. The van der Waals surface area contributed by atoms with E-state index in [2.05, 4.69) is 25.3 Å². The number of carbonyl (C=O) groups excluding carboxylic acids is 1. The number of hydrogen-bond acceptors (Lipinski definition) is 7. The number of nitrogens with one attached hydrogen (secondary N) is 1. The van der Waals surface area contributed by atoms with Crippen molar-refractivity contribution in [2.45, 2.75) is 39.8 Å². The van der Waals surface area contributed by atoms with E-state index in [1.54, 1.807) is 13.0 Å². The van der Waals surface area contributed by atoms with Gasteiger partial charge in [-0.25, -0.2) is 9.97 Å². The maximum absolute atomic E-state index is 12.4.